The highest BCUT2D eigenvalue weighted by Gasteiger charge is 2.45. The smallest absolute Gasteiger partial charge is 0.279 e. The molecule has 0 aliphatic heterocycles. The Labute approximate surface area is 134 Å². The largest absolute Gasteiger partial charge is 0.522 e. The van der Waals surface area contributed by atoms with Crippen molar-refractivity contribution in [2.75, 3.05) is 0 Å². The Hall–Kier alpha value is -0.835. The third-order valence-electron chi connectivity index (χ3n) is 0.877. The minimum atomic E-state index is -5.84. The van der Waals surface area contributed by atoms with Gasteiger partial charge in [-0.3, -0.25) is 13.7 Å². The molecule has 22 heteroatoms. The van der Waals surface area contributed by atoms with E-state index in [2.05, 4.69) is 0 Å². The number of hydrogen-bond acceptors (Lipinski definition) is 6. The molecule has 0 heterocycles. The Morgan fingerprint density at radius 1 is 0.440 bits per heavy atom. The van der Waals surface area contributed by atoms with Crippen molar-refractivity contribution in [3.63, 3.8) is 0 Å². The first-order chi connectivity index (χ1) is 9.75. The van der Waals surface area contributed by atoms with Crippen molar-refractivity contribution in [1.82, 2.24) is 0 Å². The molecule has 25 heavy (non-hydrogen) atoms. The third-order valence-corrected chi connectivity index (χ3v) is 2.63. The molecule has 0 bridgehead atoms. The molecule has 0 atom stereocenters. The van der Waals surface area contributed by atoms with Crippen LogP contribution in [0.3, 0.4) is 0 Å². The fraction of sp³-hybridized carbons (Fsp3) is 1.00. The van der Waals surface area contributed by atoms with E-state index in [9.17, 15) is 39.5 Å². The van der Waals surface area contributed by atoms with Crippen LogP contribution >= 0.6 is 0 Å². The lowest BCUT2D eigenvalue weighted by atomic mass is 10.8. The molecule has 0 fully saturated rings. The monoisotopic (exact) mass is 461 g/mol. The number of hydrogen-bond donors (Lipinski definition) is 3. The summed E-state index contributed by atoms with van der Waals surface area (Å²) >= 11 is 0. The van der Waals surface area contributed by atoms with Crippen LogP contribution in [-0.4, -0.2) is 63.8 Å². The van der Waals surface area contributed by atoms with Gasteiger partial charge in [0, 0.05) is 8.41 Å². The summed E-state index contributed by atoms with van der Waals surface area (Å²) in [6.45, 7) is 0. The fourth-order valence-corrected chi connectivity index (χ4v) is 0. The molecule has 0 aliphatic carbocycles. The van der Waals surface area contributed by atoms with Crippen molar-refractivity contribution in [3.8, 4) is 0 Å². The predicted molar refractivity (Wildman–Crippen MR) is 58.6 cm³/mol. The summed E-state index contributed by atoms with van der Waals surface area (Å²) in [5.74, 6) is 0. The highest BCUT2D eigenvalue weighted by molar-refractivity contribution is 7.87. The lowest BCUT2D eigenvalue weighted by Crippen LogP contribution is -2.21. The van der Waals surface area contributed by atoms with Gasteiger partial charge in [0.1, 0.15) is 0 Å². The van der Waals surface area contributed by atoms with Gasteiger partial charge in [-0.15, -0.1) is 0 Å². The predicted octanol–water partition coefficient (Wildman–Crippen LogP) is 0.801. The molecule has 0 aromatic heterocycles. The van der Waals surface area contributed by atoms with Gasteiger partial charge < -0.3 is 0 Å². The Kier molecular flexibility index (Phi) is 11.7. The summed E-state index contributed by atoms with van der Waals surface area (Å²) in [5.41, 5.74) is -16.6. The van der Waals surface area contributed by atoms with Gasteiger partial charge in [-0.2, -0.15) is 64.8 Å². The molecule has 0 rings (SSSR count). The van der Waals surface area contributed by atoms with Gasteiger partial charge in [0.05, 0.1) is 0 Å². The van der Waals surface area contributed by atoms with Crippen LogP contribution in [0.15, 0.2) is 0 Å². The van der Waals surface area contributed by atoms with Gasteiger partial charge in [0.25, 0.3) is 0 Å². The first kappa shape index (κ1) is 31.9. The summed E-state index contributed by atoms with van der Waals surface area (Å²) < 4.78 is 173. The number of halogens is 9. The molecule has 0 saturated heterocycles. The van der Waals surface area contributed by atoms with Gasteiger partial charge in [0.2, 0.25) is 0 Å². The first-order valence-corrected chi connectivity index (χ1v) is 8.18. The highest BCUT2D eigenvalue weighted by Crippen LogP contribution is 2.21. The SMILES string of the molecule is O=S(=O)(O)C(F)(F)F.O=S(=O)(O)C(F)(F)F.O=S(=O)(O)C(F)(F)F.[B]. The maximum atomic E-state index is 10.7. The molecule has 0 saturated carbocycles. The van der Waals surface area contributed by atoms with E-state index in [1.54, 1.807) is 0 Å². The van der Waals surface area contributed by atoms with Crippen molar-refractivity contribution >= 4 is 38.8 Å². The number of alkyl halides is 9. The minimum Gasteiger partial charge on any atom is -0.279 e. The third kappa shape index (κ3) is 15.2. The zero-order valence-corrected chi connectivity index (χ0v) is 12.9. The average molecular weight is 461 g/mol. The van der Waals surface area contributed by atoms with Gasteiger partial charge in [0.15, 0.2) is 0 Å². The average Bonchev–Trinajstić information content (AvgIpc) is 2.08. The van der Waals surface area contributed by atoms with Crippen LogP contribution < -0.4 is 0 Å². The molecular weight excluding hydrogens is 458 g/mol. The van der Waals surface area contributed by atoms with E-state index in [0.29, 0.717) is 0 Å². The molecule has 3 radical (unpaired) electrons. The topological polar surface area (TPSA) is 163 Å². The second-order valence-corrected chi connectivity index (χ2v) is 7.00. The molecule has 0 amide bonds. The van der Waals surface area contributed by atoms with Crippen LogP contribution in [0.4, 0.5) is 39.5 Å². The summed E-state index contributed by atoms with van der Waals surface area (Å²) in [4.78, 5) is 0. The molecule has 0 aliphatic rings. The van der Waals surface area contributed by atoms with Crippen LogP contribution in [0.5, 0.6) is 0 Å². The van der Waals surface area contributed by atoms with E-state index >= 15 is 0 Å². The van der Waals surface area contributed by atoms with Crippen LogP contribution in [0.1, 0.15) is 0 Å². The summed E-state index contributed by atoms with van der Waals surface area (Å²) in [5, 5.41) is 0. The summed E-state index contributed by atoms with van der Waals surface area (Å²) in [7, 11) is -17.5. The maximum Gasteiger partial charge on any atom is 0.522 e. The maximum absolute atomic E-state index is 10.7. The highest BCUT2D eigenvalue weighted by atomic mass is 32.2. The van der Waals surface area contributed by atoms with E-state index in [1.165, 1.54) is 0 Å². The Balaban J connectivity index is -0.000000130. The van der Waals surface area contributed by atoms with Crippen molar-refractivity contribution in [3.05, 3.63) is 0 Å². The Morgan fingerprint density at radius 3 is 0.480 bits per heavy atom. The zero-order valence-electron chi connectivity index (χ0n) is 10.5. The van der Waals surface area contributed by atoms with E-state index < -0.39 is 46.9 Å². The molecule has 0 unspecified atom stereocenters. The van der Waals surface area contributed by atoms with Crippen molar-refractivity contribution in [2.45, 2.75) is 16.5 Å². The van der Waals surface area contributed by atoms with Crippen molar-refractivity contribution < 1.29 is 78.4 Å². The first-order valence-electron chi connectivity index (χ1n) is 3.86. The molecule has 0 spiro atoms. The van der Waals surface area contributed by atoms with E-state index in [4.69, 9.17) is 38.9 Å². The molecule has 9 nitrogen and oxygen atoms in total. The van der Waals surface area contributed by atoms with E-state index in [-0.39, 0.29) is 8.41 Å². The van der Waals surface area contributed by atoms with Crippen LogP contribution in [-0.2, 0) is 30.4 Å². The fourth-order valence-electron chi connectivity index (χ4n) is 0. The molecule has 3 N–H and O–H groups in total. The van der Waals surface area contributed by atoms with Crippen LogP contribution in [0, 0.1) is 0 Å². The summed E-state index contributed by atoms with van der Waals surface area (Å²) in [6, 6.07) is 0. The van der Waals surface area contributed by atoms with Crippen LogP contribution in [0.2, 0.25) is 0 Å². The van der Waals surface area contributed by atoms with Gasteiger partial charge in [-0.05, 0) is 0 Å². The van der Waals surface area contributed by atoms with Crippen molar-refractivity contribution in [1.29, 1.82) is 0 Å². The second kappa shape index (κ2) is 9.20. The Bertz CT molecular complexity index is 596. The van der Waals surface area contributed by atoms with Crippen molar-refractivity contribution in [2.24, 2.45) is 0 Å². The molecule has 0 aromatic rings. The van der Waals surface area contributed by atoms with E-state index in [0.717, 1.165) is 0 Å². The van der Waals surface area contributed by atoms with Gasteiger partial charge in [-0.25, -0.2) is 0 Å². The lowest BCUT2D eigenvalue weighted by molar-refractivity contribution is -0.0514. The molecule has 153 valence electrons. The quantitative estimate of drug-likeness (QED) is 0.205. The van der Waals surface area contributed by atoms with E-state index in [1.807, 2.05) is 0 Å². The zero-order chi connectivity index (χ0) is 21.0. The molecule has 0 aromatic carbocycles. The Morgan fingerprint density at radius 2 is 0.480 bits per heavy atom. The standard InChI is InChI=1S/3CHF3O3S.B/c3*2-1(3,4)8(5,6)7;/h3*(H,5,6,7);. The minimum absolute atomic E-state index is 0. The van der Waals surface area contributed by atoms with Gasteiger partial charge >= 0.3 is 46.9 Å². The van der Waals surface area contributed by atoms with Crippen LogP contribution in [0.25, 0.3) is 0 Å². The van der Waals surface area contributed by atoms with Gasteiger partial charge in [-0.1, -0.05) is 0 Å². The second-order valence-electron chi connectivity index (χ2n) is 2.76. The lowest BCUT2D eigenvalue weighted by Gasteiger charge is -1.97. The summed E-state index contributed by atoms with van der Waals surface area (Å²) in [6.07, 6.45) is 0. The normalized spacial score (nSPS) is 13.4. The molecular formula is C3H3BF9O9S3. The number of rotatable bonds is 0.